The molecule has 0 saturated heterocycles. The van der Waals surface area contributed by atoms with Crippen LogP contribution in [0, 0.1) is 10.1 Å². The number of non-ortho nitro benzene ring substituents is 1. The van der Waals surface area contributed by atoms with E-state index in [1.54, 1.807) is 17.9 Å². The van der Waals surface area contributed by atoms with Crippen LogP contribution in [0.15, 0.2) is 34.8 Å². The molecule has 0 saturated carbocycles. The molecule has 0 aliphatic heterocycles. The molecule has 0 radical (unpaired) electrons. The summed E-state index contributed by atoms with van der Waals surface area (Å²) in [7, 11) is 0. The molecule has 0 bridgehead atoms. The van der Waals surface area contributed by atoms with Gasteiger partial charge in [-0.1, -0.05) is 12.2 Å². The third-order valence-corrected chi connectivity index (χ3v) is 3.01. The lowest BCUT2D eigenvalue weighted by molar-refractivity contribution is -0.384. The number of nitrogens with zero attached hydrogens (tertiary/aromatic N) is 2. The molecule has 1 unspecified atom stereocenters. The molecule has 6 heteroatoms. The minimum atomic E-state index is -0.764. The van der Waals surface area contributed by atoms with E-state index in [2.05, 4.69) is 22.5 Å². The first-order valence-electron chi connectivity index (χ1n) is 5.36. The van der Waals surface area contributed by atoms with Gasteiger partial charge in [0, 0.05) is 23.2 Å². The van der Waals surface area contributed by atoms with Gasteiger partial charge in [-0.15, -0.1) is 0 Å². The Bertz CT molecular complexity index is 474. The zero-order valence-electron chi connectivity index (χ0n) is 10.3. The van der Waals surface area contributed by atoms with E-state index < -0.39 is 11.2 Å². The highest BCUT2D eigenvalue weighted by molar-refractivity contribution is 9.10. The summed E-state index contributed by atoms with van der Waals surface area (Å²) in [6.07, 6.45) is -0.764. The van der Waals surface area contributed by atoms with Crippen molar-refractivity contribution in [2.75, 3.05) is 11.4 Å². The molecule has 1 rings (SSSR count). The first kappa shape index (κ1) is 14.7. The quantitative estimate of drug-likeness (QED) is 0.392. The van der Waals surface area contributed by atoms with Gasteiger partial charge >= 0.3 is 0 Å². The Morgan fingerprint density at radius 3 is 2.72 bits per heavy atom. The van der Waals surface area contributed by atoms with Gasteiger partial charge in [0.1, 0.15) is 6.23 Å². The number of hydrogen-bond donors (Lipinski definition) is 1. The molecule has 98 valence electrons. The molecule has 0 aliphatic rings. The zero-order chi connectivity index (χ0) is 13.9. The standard InChI is InChI=1S/C12H15BrN2O3/c1-8(2)7-14(9(3)16)12-6-10(15(17)18)4-5-11(12)13/h4-6,9,16H,1,7H2,2-3H3. The Morgan fingerprint density at radius 2 is 2.28 bits per heavy atom. The van der Waals surface area contributed by atoms with E-state index in [1.807, 2.05) is 6.92 Å². The van der Waals surface area contributed by atoms with Gasteiger partial charge in [0.25, 0.3) is 5.69 Å². The number of nitro groups is 1. The molecule has 0 spiro atoms. The van der Waals surface area contributed by atoms with Gasteiger partial charge in [-0.25, -0.2) is 0 Å². The largest absolute Gasteiger partial charge is 0.374 e. The topological polar surface area (TPSA) is 66.6 Å². The van der Waals surface area contributed by atoms with Crippen LogP contribution in [0.3, 0.4) is 0 Å². The van der Waals surface area contributed by atoms with E-state index in [1.165, 1.54) is 12.1 Å². The second-order valence-corrected chi connectivity index (χ2v) is 4.96. The van der Waals surface area contributed by atoms with Gasteiger partial charge in [-0.05, 0) is 35.8 Å². The Kier molecular flexibility index (Phi) is 4.86. The predicted molar refractivity (Wildman–Crippen MR) is 74.6 cm³/mol. The predicted octanol–water partition coefficient (Wildman–Crippen LogP) is 3.08. The van der Waals surface area contributed by atoms with Crippen molar-refractivity contribution in [3.63, 3.8) is 0 Å². The molecule has 5 nitrogen and oxygen atoms in total. The normalized spacial score (nSPS) is 12.0. The van der Waals surface area contributed by atoms with Crippen LogP contribution in [0.5, 0.6) is 0 Å². The Labute approximate surface area is 114 Å². The third kappa shape index (κ3) is 3.54. The van der Waals surface area contributed by atoms with Gasteiger partial charge in [0.15, 0.2) is 0 Å². The van der Waals surface area contributed by atoms with E-state index in [0.29, 0.717) is 16.7 Å². The zero-order valence-corrected chi connectivity index (χ0v) is 11.8. The lowest BCUT2D eigenvalue weighted by Gasteiger charge is -2.28. The van der Waals surface area contributed by atoms with Crippen LogP contribution in [0.2, 0.25) is 0 Å². The summed E-state index contributed by atoms with van der Waals surface area (Å²) < 4.78 is 0.690. The molecule has 1 aromatic rings. The molecule has 0 fully saturated rings. The fourth-order valence-electron chi connectivity index (χ4n) is 1.54. The summed E-state index contributed by atoms with van der Waals surface area (Å²) in [6, 6.07) is 4.44. The number of benzene rings is 1. The minimum Gasteiger partial charge on any atom is -0.374 e. The minimum absolute atomic E-state index is 0.0134. The fraction of sp³-hybridized carbons (Fsp3) is 0.333. The van der Waals surface area contributed by atoms with Crippen LogP contribution >= 0.6 is 15.9 Å². The fourth-order valence-corrected chi connectivity index (χ4v) is 2.02. The maximum Gasteiger partial charge on any atom is 0.271 e. The van der Waals surface area contributed by atoms with E-state index in [-0.39, 0.29) is 5.69 Å². The number of halogens is 1. The monoisotopic (exact) mass is 314 g/mol. The highest BCUT2D eigenvalue weighted by atomic mass is 79.9. The number of rotatable bonds is 5. The van der Waals surface area contributed by atoms with Crippen LogP contribution in [0.4, 0.5) is 11.4 Å². The number of nitro benzene ring substituents is 1. The van der Waals surface area contributed by atoms with E-state index in [9.17, 15) is 15.2 Å². The molecule has 0 heterocycles. The summed E-state index contributed by atoms with van der Waals surface area (Å²) in [5.41, 5.74) is 1.41. The lowest BCUT2D eigenvalue weighted by Crippen LogP contribution is -2.34. The number of anilines is 1. The van der Waals surface area contributed by atoms with Crippen molar-refractivity contribution in [2.45, 2.75) is 20.1 Å². The average molecular weight is 315 g/mol. The van der Waals surface area contributed by atoms with Gasteiger partial charge in [-0.2, -0.15) is 0 Å². The Morgan fingerprint density at radius 1 is 1.67 bits per heavy atom. The van der Waals surface area contributed by atoms with E-state index in [4.69, 9.17) is 0 Å². The summed E-state index contributed by atoms with van der Waals surface area (Å²) in [6.45, 7) is 7.66. The molecule has 0 aliphatic carbocycles. The Hall–Kier alpha value is -1.40. The van der Waals surface area contributed by atoms with Crippen LogP contribution in [-0.4, -0.2) is 22.8 Å². The van der Waals surface area contributed by atoms with Crippen LogP contribution < -0.4 is 4.90 Å². The van der Waals surface area contributed by atoms with Gasteiger partial charge in [0.2, 0.25) is 0 Å². The number of aliphatic hydroxyl groups is 1. The molecule has 0 aromatic heterocycles. The lowest BCUT2D eigenvalue weighted by atomic mass is 10.2. The van der Waals surface area contributed by atoms with E-state index >= 15 is 0 Å². The number of aliphatic hydroxyl groups excluding tert-OH is 1. The van der Waals surface area contributed by atoms with E-state index in [0.717, 1.165) is 5.57 Å². The first-order chi connectivity index (χ1) is 8.32. The highest BCUT2D eigenvalue weighted by Gasteiger charge is 2.18. The Balaban J connectivity index is 3.21. The maximum atomic E-state index is 10.8. The molecular weight excluding hydrogens is 300 g/mol. The van der Waals surface area contributed by atoms with Crippen molar-refractivity contribution in [3.8, 4) is 0 Å². The summed E-state index contributed by atoms with van der Waals surface area (Å²) in [5.74, 6) is 0. The first-order valence-corrected chi connectivity index (χ1v) is 6.15. The third-order valence-electron chi connectivity index (χ3n) is 2.34. The van der Waals surface area contributed by atoms with Crippen LogP contribution in [-0.2, 0) is 0 Å². The van der Waals surface area contributed by atoms with Gasteiger partial charge in [0.05, 0.1) is 10.6 Å². The van der Waals surface area contributed by atoms with Gasteiger partial charge < -0.3 is 10.0 Å². The average Bonchev–Trinajstić information content (AvgIpc) is 2.26. The second-order valence-electron chi connectivity index (χ2n) is 4.11. The molecule has 1 aromatic carbocycles. The van der Waals surface area contributed by atoms with Crippen molar-refractivity contribution in [1.82, 2.24) is 0 Å². The van der Waals surface area contributed by atoms with Crippen molar-refractivity contribution in [3.05, 3.63) is 44.9 Å². The van der Waals surface area contributed by atoms with Crippen molar-refractivity contribution >= 4 is 27.3 Å². The highest BCUT2D eigenvalue weighted by Crippen LogP contribution is 2.31. The SMILES string of the molecule is C=C(C)CN(c1cc([N+](=O)[O-])ccc1Br)C(C)O. The maximum absolute atomic E-state index is 10.8. The molecule has 0 amide bonds. The summed E-state index contributed by atoms with van der Waals surface area (Å²) in [5, 5.41) is 20.5. The van der Waals surface area contributed by atoms with Crippen LogP contribution in [0.25, 0.3) is 0 Å². The van der Waals surface area contributed by atoms with Crippen molar-refractivity contribution in [1.29, 1.82) is 0 Å². The smallest absolute Gasteiger partial charge is 0.271 e. The number of hydrogen-bond acceptors (Lipinski definition) is 4. The van der Waals surface area contributed by atoms with Crippen molar-refractivity contribution in [2.24, 2.45) is 0 Å². The van der Waals surface area contributed by atoms with Crippen LogP contribution in [0.1, 0.15) is 13.8 Å². The summed E-state index contributed by atoms with van der Waals surface area (Å²) in [4.78, 5) is 11.9. The molecule has 1 N–H and O–H groups in total. The molecule has 18 heavy (non-hydrogen) atoms. The van der Waals surface area contributed by atoms with Crippen molar-refractivity contribution < 1.29 is 10.0 Å². The molecular formula is C12H15BrN2O3. The second kappa shape index (κ2) is 5.97. The van der Waals surface area contributed by atoms with Gasteiger partial charge in [-0.3, -0.25) is 10.1 Å². The summed E-state index contributed by atoms with van der Waals surface area (Å²) >= 11 is 3.33. The molecule has 1 atom stereocenters.